The monoisotopic (exact) mass is 339 g/mol. The smallest absolute Gasteiger partial charge is 0.283 e. The Morgan fingerprint density at radius 2 is 2.30 bits per heavy atom. The van der Waals surface area contributed by atoms with Crippen molar-refractivity contribution >= 4 is 21.6 Å². The number of imidazole rings is 1. The standard InChI is InChI=1S/C13H18BrN5O/c1-9(2)19-13(20)12(14)10(8-18-19)15-5-3-4-11-16-6-7-17-11/h6-9,15H,3-5H2,1-2H3,(H,16,17). The molecule has 6 nitrogen and oxygen atoms in total. The highest BCUT2D eigenvalue weighted by atomic mass is 79.9. The number of aryl methyl sites for hydroxylation is 1. The largest absolute Gasteiger partial charge is 0.383 e. The van der Waals surface area contributed by atoms with Crippen molar-refractivity contribution in [2.45, 2.75) is 32.7 Å². The number of rotatable bonds is 6. The molecule has 2 aromatic rings. The van der Waals surface area contributed by atoms with E-state index in [4.69, 9.17) is 0 Å². The van der Waals surface area contributed by atoms with Crippen molar-refractivity contribution < 1.29 is 0 Å². The lowest BCUT2D eigenvalue weighted by Crippen LogP contribution is -2.26. The molecule has 0 unspecified atom stereocenters. The van der Waals surface area contributed by atoms with E-state index >= 15 is 0 Å². The SMILES string of the molecule is CC(C)n1ncc(NCCCc2ncc[nH]2)c(Br)c1=O. The summed E-state index contributed by atoms with van der Waals surface area (Å²) in [5.74, 6) is 0.971. The summed E-state index contributed by atoms with van der Waals surface area (Å²) in [7, 11) is 0. The molecule has 2 aromatic heterocycles. The fraction of sp³-hybridized carbons (Fsp3) is 0.462. The third-order valence-corrected chi connectivity index (χ3v) is 3.66. The summed E-state index contributed by atoms with van der Waals surface area (Å²) in [6.07, 6.45) is 7.03. The third kappa shape index (κ3) is 3.47. The Labute approximate surface area is 125 Å². The fourth-order valence-corrected chi connectivity index (χ4v) is 2.27. The van der Waals surface area contributed by atoms with Crippen LogP contribution >= 0.6 is 15.9 Å². The Bertz CT molecular complexity index is 606. The first kappa shape index (κ1) is 14.8. The average Bonchev–Trinajstić information content (AvgIpc) is 2.92. The average molecular weight is 340 g/mol. The van der Waals surface area contributed by atoms with E-state index in [1.807, 2.05) is 20.0 Å². The van der Waals surface area contributed by atoms with Crippen molar-refractivity contribution in [1.82, 2.24) is 19.7 Å². The van der Waals surface area contributed by atoms with Crippen molar-refractivity contribution in [3.05, 3.63) is 39.2 Å². The fourth-order valence-electron chi connectivity index (χ4n) is 1.85. The van der Waals surface area contributed by atoms with Gasteiger partial charge in [0.25, 0.3) is 5.56 Å². The summed E-state index contributed by atoms with van der Waals surface area (Å²) in [6, 6.07) is 0.0480. The number of hydrogen-bond donors (Lipinski definition) is 2. The number of H-pyrrole nitrogens is 1. The van der Waals surface area contributed by atoms with Crippen LogP contribution in [0.25, 0.3) is 0 Å². The minimum atomic E-state index is -0.115. The molecule has 0 amide bonds. The molecule has 0 radical (unpaired) electrons. The van der Waals surface area contributed by atoms with Gasteiger partial charge in [-0.3, -0.25) is 4.79 Å². The number of halogens is 1. The number of aromatic amines is 1. The number of hydrogen-bond acceptors (Lipinski definition) is 4. The maximum Gasteiger partial charge on any atom is 0.283 e. The van der Waals surface area contributed by atoms with Crippen LogP contribution in [0.1, 0.15) is 32.1 Å². The molecule has 0 aromatic carbocycles. The second-order valence-electron chi connectivity index (χ2n) is 4.78. The summed E-state index contributed by atoms with van der Waals surface area (Å²) >= 11 is 3.34. The molecule has 108 valence electrons. The molecule has 20 heavy (non-hydrogen) atoms. The Kier molecular flexibility index (Phi) is 4.94. The van der Waals surface area contributed by atoms with Crippen molar-refractivity contribution in [3.63, 3.8) is 0 Å². The molecular weight excluding hydrogens is 322 g/mol. The molecule has 0 aliphatic carbocycles. The molecule has 2 N–H and O–H groups in total. The first-order valence-electron chi connectivity index (χ1n) is 6.59. The molecule has 0 saturated carbocycles. The lowest BCUT2D eigenvalue weighted by atomic mass is 10.3. The minimum absolute atomic E-state index is 0.0480. The van der Waals surface area contributed by atoms with Gasteiger partial charge in [-0.05, 0) is 36.2 Å². The van der Waals surface area contributed by atoms with Gasteiger partial charge in [0.15, 0.2) is 0 Å². The Hall–Kier alpha value is -1.63. The third-order valence-electron chi connectivity index (χ3n) is 2.89. The predicted molar refractivity (Wildman–Crippen MR) is 82.0 cm³/mol. The van der Waals surface area contributed by atoms with Crippen LogP contribution < -0.4 is 10.9 Å². The Morgan fingerprint density at radius 3 is 2.95 bits per heavy atom. The van der Waals surface area contributed by atoms with Crippen LogP contribution in [-0.2, 0) is 6.42 Å². The lowest BCUT2D eigenvalue weighted by Gasteiger charge is -2.12. The highest BCUT2D eigenvalue weighted by Crippen LogP contribution is 2.17. The first-order chi connectivity index (χ1) is 9.59. The second kappa shape index (κ2) is 6.69. The highest BCUT2D eigenvalue weighted by Gasteiger charge is 2.10. The number of nitrogens with one attached hydrogen (secondary N) is 2. The van der Waals surface area contributed by atoms with Gasteiger partial charge >= 0.3 is 0 Å². The molecule has 2 rings (SSSR count). The van der Waals surface area contributed by atoms with Crippen LogP contribution in [0, 0.1) is 0 Å². The summed E-state index contributed by atoms with van der Waals surface area (Å²) in [5, 5.41) is 7.38. The van der Waals surface area contributed by atoms with Gasteiger partial charge in [-0.1, -0.05) is 0 Å². The molecule has 2 heterocycles. The molecule has 0 spiro atoms. The minimum Gasteiger partial charge on any atom is -0.383 e. The van der Waals surface area contributed by atoms with Gasteiger partial charge < -0.3 is 10.3 Å². The maximum absolute atomic E-state index is 12.0. The van der Waals surface area contributed by atoms with Crippen LogP contribution in [0.2, 0.25) is 0 Å². The van der Waals surface area contributed by atoms with Crippen molar-refractivity contribution in [2.24, 2.45) is 0 Å². The van der Waals surface area contributed by atoms with E-state index in [2.05, 4.69) is 36.3 Å². The predicted octanol–water partition coefficient (Wildman–Crippen LogP) is 2.35. The van der Waals surface area contributed by atoms with Crippen molar-refractivity contribution in [1.29, 1.82) is 0 Å². The zero-order valence-corrected chi connectivity index (χ0v) is 13.1. The van der Waals surface area contributed by atoms with Gasteiger partial charge in [0.1, 0.15) is 10.3 Å². The topological polar surface area (TPSA) is 75.6 Å². The Morgan fingerprint density at radius 1 is 1.50 bits per heavy atom. The molecule has 0 aliphatic heterocycles. The van der Waals surface area contributed by atoms with Crippen molar-refractivity contribution in [3.8, 4) is 0 Å². The van der Waals surface area contributed by atoms with Crippen LogP contribution in [-0.4, -0.2) is 26.3 Å². The van der Waals surface area contributed by atoms with Gasteiger partial charge in [-0.25, -0.2) is 9.67 Å². The molecule has 0 atom stereocenters. The molecule has 0 saturated heterocycles. The van der Waals surface area contributed by atoms with E-state index in [1.165, 1.54) is 4.68 Å². The van der Waals surface area contributed by atoms with Crippen molar-refractivity contribution in [2.75, 3.05) is 11.9 Å². The second-order valence-corrected chi connectivity index (χ2v) is 5.57. The zero-order chi connectivity index (χ0) is 14.5. The number of aromatic nitrogens is 4. The molecule has 0 bridgehead atoms. The van der Waals surface area contributed by atoms with Crippen LogP contribution in [0.4, 0.5) is 5.69 Å². The lowest BCUT2D eigenvalue weighted by molar-refractivity contribution is 0.501. The van der Waals surface area contributed by atoms with E-state index in [9.17, 15) is 4.79 Å². The summed E-state index contributed by atoms with van der Waals surface area (Å²) in [6.45, 7) is 4.61. The number of anilines is 1. The van der Waals surface area contributed by atoms with Gasteiger partial charge in [-0.2, -0.15) is 5.10 Å². The van der Waals surface area contributed by atoms with Crippen LogP contribution in [0.5, 0.6) is 0 Å². The van der Waals surface area contributed by atoms with Gasteiger partial charge in [-0.15, -0.1) is 0 Å². The van der Waals surface area contributed by atoms with Crippen LogP contribution in [0.15, 0.2) is 27.9 Å². The molecule has 7 heteroatoms. The van der Waals surface area contributed by atoms with Gasteiger partial charge in [0, 0.05) is 25.4 Å². The van der Waals surface area contributed by atoms with E-state index in [0.29, 0.717) is 4.47 Å². The summed E-state index contributed by atoms with van der Waals surface area (Å²) in [5.41, 5.74) is 0.613. The Balaban J connectivity index is 1.93. The normalized spacial score (nSPS) is 11.0. The molecule has 0 fully saturated rings. The van der Waals surface area contributed by atoms with Crippen LogP contribution in [0.3, 0.4) is 0 Å². The van der Waals surface area contributed by atoms with E-state index < -0.39 is 0 Å². The summed E-state index contributed by atoms with van der Waals surface area (Å²) < 4.78 is 1.98. The number of nitrogens with zero attached hydrogens (tertiary/aromatic N) is 3. The maximum atomic E-state index is 12.0. The molecular formula is C13H18BrN5O. The molecule has 0 aliphatic rings. The van der Waals surface area contributed by atoms with E-state index in [0.717, 1.165) is 30.9 Å². The summed E-state index contributed by atoms with van der Waals surface area (Å²) in [4.78, 5) is 19.3. The van der Waals surface area contributed by atoms with Gasteiger partial charge in [0.2, 0.25) is 0 Å². The zero-order valence-electron chi connectivity index (χ0n) is 11.6. The van der Waals surface area contributed by atoms with E-state index in [1.54, 1.807) is 12.4 Å². The first-order valence-corrected chi connectivity index (χ1v) is 7.38. The quantitative estimate of drug-likeness (QED) is 0.792. The van der Waals surface area contributed by atoms with Gasteiger partial charge in [0.05, 0.1) is 17.9 Å². The van der Waals surface area contributed by atoms with E-state index in [-0.39, 0.29) is 11.6 Å². The highest BCUT2D eigenvalue weighted by molar-refractivity contribution is 9.10.